The quantitative estimate of drug-likeness (QED) is 0.700. The van der Waals surface area contributed by atoms with Crippen LogP contribution in [0.2, 0.25) is 0 Å². The van der Waals surface area contributed by atoms with Gasteiger partial charge in [0.1, 0.15) is 24.4 Å². The number of nitrogens with one attached hydrogen (secondary N) is 1. The molecule has 0 spiro atoms. The van der Waals surface area contributed by atoms with Crippen molar-refractivity contribution in [2.75, 3.05) is 6.54 Å². The third kappa shape index (κ3) is 3.01. The van der Waals surface area contributed by atoms with Gasteiger partial charge >= 0.3 is 0 Å². The number of hydrogen-bond donors (Lipinski definition) is 2. The van der Waals surface area contributed by atoms with Crippen LogP contribution in [-0.4, -0.2) is 53.9 Å². The van der Waals surface area contributed by atoms with E-state index in [4.69, 9.17) is 41.6 Å². The molecule has 0 bridgehead atoms. The van der Waals surface area contributed by atoms with Gasteiger partial charge in [0.05, 0.1) is 0 Å². The molecule has 3 N–H and O–H groups in total. The van der Waals surface area contributed by atoms with Crippen LogP contribution >= 0.6 is 12.2 Å². The van der Waals surface area contributed by atoms with Crippen molar-refractivity contribution in [3.8, 4) is 0 Å². The van der Waals surface area contributed by atoms with Crippen molar-refractivity contribution < 1.29 is 23.7 Å². The molecule has 8 heteroatoms. The fourth-order valence-corrected chi connectivity index (χ4v) is 3.14. The summed E-state index contributed by atoms with van der Waals surface area (Å²) in [6.07, 6.45) is -1.60. The lowest BCUT2D eigenvalue weighted by Gasteiger charge is -2.37. The summed E-state index contributed by atoms with van der Waals surface area (Å²) in [7, 11) is 0. The molecule has 3 aliphatic rings. The highest BCUT2D eigenvalue weighted by Crippen LogP contribution is 2.43. The molecular weight excluding hydrogens is 296 g/mol. The van der Waals surface area contributed by atoms with Crippen molar-refractivity contribution >= 4 is 17.3 Å². The molecule has 21 heavy (non-hydrogen) atoms. The summed E-state index contributed by atoms with van der Waals surface area (Å²) >= 11 is 4.84. The Labute approximate surface area is 129 Å². The van der Waals surface area contributed by atoms with Gasteiger partial charge in [-0.3, -0.25) is 0 Å². The number of thiocarbonyl (C=S) groups is 1. The minimum atomic E-state index is -0.707. The van der Waals surface area contributed by atoms with E-state index >= 15 is 0 Å². The van der Waals surface area contributed by atoms with E-state index in [-0.39, 0.29) is 29.5 Å². The van der Waals surface area contributed by atoms with Crippen LogP contribution in [-0.2, 0) is 23.7 Å². The summed E-state index contributed by atoms with van der Waals surface area (Å²) in [5, 5.41) is 3.13. The van der Waals surface area contributed by atoms with Crippen molar-refractivity contribution in [3.63, 3.8) is 0 Å². The van der Waals surface area contributed by atoms with Crippen molar-refractivity contribution in [1.82, 2.24) is 5.32 Å². The Balaban J connectivity index is 1.80. The molecule has 0 amide bonds. The first-order valence-corrected chi connectivity index (χ1v) is 7.48. The number of rotatable bonds is 2. The monoisotopic (exact) mass is 318 g/mol. The zero-order valence-electron chi connectivity index (χ0n) is 12.6. The Morgan fingerprint density at radius 1 is 1.00 bits per heavy atom. The molecule has 0 aromatic rings. The number of ether oxygens (including phenoxy) is 5. The highest BCUT2D eigenvalue weighted by molar-refractivity contribution is 7.80. The highest BCUT2D eigenvalue weighted by atomic mass is 32.1. The largest absolute Gasteiger partial charge is 0.376 e. The van der Waals surface area contributed by atoms with Crippen LogP contribution in [0.15, 0.2) is 0 Å². The number of nitrogens with two attached hydrogens (primary N) is 1. The van der Waals surface area contributed by atoms with Crippen LogP contribution in [0.25, 0.3) is 0 Å². The topological polar surface area (TPSA) is 84.2 Å². The first-order chi connectivity index (χ1) is 9.67. The first kappa shape index (κ1) is 15.4. The Bertz CT molecular complexity index is 444. The van der Waals surface area contributed by atoms with E-state index in [9.17, 15) is 0 Å². The molecule has 3 rings (SSSR count). The third-order valence-electron chi connectivity index (χ3n) is 3.73. The van der Waals surface area contributed by atoms with Gasteiger partial charge in [-0.15, -0.1) is 0 Å². The molecule has 0 aliphatic carbocycles. The van der Waals surface area contributed by atoms with Crippen molar-refractivity contribution in [2.45, 2.75) is 70.0 Å². The predicted octanol–water partition coefficient (Wildman–Crippen LogP) is 0.216. The van der Waals surface area contributed by atoms with Crippen LogP contribution in [0.3, 0.4) is 0 Å². The van der Waals surface area contributed by atoms with Gasteiger partial charge in [0, 0.05) is 6.54 Å². The molecule has 0 radical (unpaired) electrons. The SMILES string of the molecule is CC1(C)O[C@H]2[C@@H](O1)[C@@H](CNC(N)=S)O[C@@H]1OC(C)(C)O[C@@H]12. The van der Waals surface area contributed by atoms with E-state index in [0.717, 1.165) is 0 Å². The van der Waals surface area contributed by atoms with Gasteiger partial charge < -0.3 is 34.7 Å². The molecular formula is C13H22N2O5S. The maximum absolute atomic E-state index is 6.00. The second-order valence-electron chi connectivity index (χ2n) is 6.45. The lowest BCUT2D eigenvalue weighted by Crippen LogP contribution is -2.58. The summed E-state index contributed by atoms with van der Waals surface area (Å²) in [5.41, 5.74) is 5.49. The van der Waals surface area contributed by atoms with Crippen molar-refractivity contribution in [2.24, 2.45) is 5.73 Å². The van der Waals surface area contributed by atoms with Crippen molar-refractivity contribution in [1.29, 1.82) is 0 Å². The zero-order chi connectivity index (χ0) is 15.4. The van der Waals surface area contributed by atoms with E-state index in [1.807, 2.05) is 27.7 Å². The van der Waals surface area contributed by atoms with Gasteiger partial charge in [-0.2, -0.15) is 0 Å². The third-order valence-corrected chi connectivity index (χ3v) is 3.87. The number of hydrogen-bond acceptors (Lipinski definition) is 6. The molecule has 0 saturated carbocycles. The fraction of sp³-hybridized carbons (Fsp3) is 0.923. The molecule has 3 fully saturated rings. The van der Waals surface area contributed by atoms with Crippen LogP contribution in [0.4, 0.5) is 0 Å². The molecule has 0 unspecified atom stereocenters. The number of fused-ring (bicyclic) bond motifs is 3. The molecule has 0 aromatic heterocycles. The summed E-state index contributed by atoms with van der Waals surface area (Å²) in [6, 6.07) is 0. The van der Waals surface area contributed by atoms with E-state index in [0.29, 0.717) is 6.54 Å². The minimum Gasteiger partial charge on any atom is -0.376 e. The Hall–Kier alpha value is -0.510. The Kier molecular flexibility index (Phi) is 3.67. The molecule has 7 nitrogen and oxygen atoms in total. The van der Waals surface area contributed by atoms with Gasteiger partial charge in [-0.25, -0.2) is 0 Å². The van der Waals surface area contributed by atoms with Crippen LogP contribution < -0.4 is 11.1 Å². The summed E-state index contributed by atoms with van der Waals surface area (Å²) in [5.74, 6) is -1.40. The Morgan fingerprint density at radius 3 is 2.24 bits per heavy atom. The summed E-state index contributed by atoms with van der Waals surface area (Å²) in [6.45, 7) is 7.89. The molecule has 3 saturated heterocycles. The van der Waals surface area contributed by atoms with Crippen LogP contribution in [0.5, 0.6) is 0 Å². The van der Waals surface area contributed by atoms with Gasteiger partial charge in [0.25, 0.3) is 0 Å². The molecule has 0 aromatic carbocycles. The molecule has 5 atom stereocenters. The van der Waals surface area contributed by atoms with Gasteiger partial charge in [0.15, 0.2) is 23.0 Å². The maximum Gasteiger partial charge on any atom is 0.190 e. The fourth-order valence-electron chi connectivity index (χ4n) is 3.06. The molecule has 3 aliphatic heterocycles. The van der Waals surface area contributed by atoms with E-state index in [1.54, 1.807) is 0 Å². The summed E-state index contributed by atoms with van der Waals surface area (Å²) in [4.78, 5) is 0. The second kappa shape index (κ2) is 5.00. The van der Waals surface area contributed by atoms with E-state index in [2.05, 4.69) is 5.32 Å². The normalized spacial score (nSPS) is 43.1. The minimum absolute atomic E-state index is 0.222. The van der Waals surface area contributed by atoms with E-state index in [1.165, 1.54) is 0 Å². The van der Waals surface area contributed by atoms with Gasteiger partial charge in [0.2, 0.25) is 0 Å². The molecule has 3 heterocycles. The Morgan fingerprint density at radius 2 is 1.57 bits per heavy atom. The predicted molar refractivity (Wildman–Crippen MR) is 77.3 cm³/mol. The van der Waals surface area contributed by atoms with E-state index < -0.39 is 17.9 Å². The maximum atomic E-state index is 6.00. The average molecular weight is 318 g/mol. The average Bonchev–Trinajstić information content (AvgIpc) is 2.80. The van der Waals surface area contributed by atoms with Crippen LogP contribution in [0.1, 0.15) is 27.7 Å². The van der Waals surface area contributed by atoms with Crippen molar-refractivity contribution in [3.05, 3.63) is 0 Å². The lowest BCUT2D eigenvalue weighted by atomic mass is 9.99. The van der Waals surface area contributed by atoms with Gasteiger partial charge in [-0.1, -0.05) is 0 Å². The smallest absolute Gasteiger partial charge is 0.190 e. The molecule has 120 valence electrons. The van der Waals surface area contributed by atoms with Crippen LogP contribution in [0, 0.1) is 0 Å². The first-order valence-electron chi connectivity index (χ1n) is 7.07. The lowest BCUT2D eigenvalue weighted by molar-refractivity contribution is -0.231. The second-order valence-corrected chi connectivity index (χ2v) is 6.89. The zero-order valence-corrected chi connectivity index (χ0v) is 13.4. The van der Waals surface area contributed by atoms with Gasteiger partial charge in [-0.05, 0) is 39.9 Å². The highest BCUT2D eigenvalue weighted by Gasteiger charge is 2.60. The summed E-state index contributed by atoms with van der Waals surface area (Å²) < 4.78 is 29.6. The standard InChI is InChI=1S/C13H22N2O5S/c1-12(2)17-7-6(5-15-11(14)21)16-10-9(8(7)18-12)19-13(3,4)20-10/h6-10H,5H2,1-4H3,(H3,14,15,21)/t6-,7+,8+,9-,10-/m1/s1.